The third-order valence-electron chi connectivity index (χ3n) is 13.0. The zero-order valence-electron chi connectivity index (χ0n) is 29.8. The topological polar surface area (TPSA) is 35.2 Å². The molecule has 0 amide bonds. The molecule has 0 spiro atoms. The van der Waals surface area contributed by atoms with Gasteiger partial charge in [-0.15, -0.1) is 0 Å². The summed E-state index contributed by atoms with van der Waals surface area (Å²) in [6.45, 7) is 2.30. The fourth-order valence-electron chi connectivity index (χ4n) is 11.0. The lowest BCUT2D eigenvalue weighted by molar-refractivity contribution is 0.484. The molecule has 252 valence electrons. The van der Waals surface area contributed by atoms with Gasteiger partial charge >= 0.3 is 0 Å². The number of aromatic nitrogens is 3. The molecule has 10 aromatic rings. The molecule has 7 aromatic carbocycles. The molecule has 7 heterocycles. The lowest BCUT2D eigenvalue weighted by atomic mass is 9.30. The Balaban J connectivity index is 1.14. The second-order valence-electron chi connectivity index (χ2n) is 15.5. The summed E-state index contributed by atoms with van der Waals surface area (Å²) in [5.74, 6) is 1.89. The van der Waals surface area contributed by atoms with E-state index >= 15 is 0 Å². The van der Waals surface area contributed by atoms with E-state index in [9.17, 15) is 0 Å². The van der Waals surface area contributed by atoms with Crippen LogP contribution in [0.2, 0.25) is 0 Å². The summed E-state index contributed by atoms with van der Waals surface area (Å²) >= 11 is 0. The normalized spacial score (nSPS) is 13.9. The Morgan fingerprint density at radius 2 is 1.09 bits per heavy atom. The minimum Gasteiger partial charge on any atom is -0.458 e. The van der Waals surface area contributed by atoms with Crippen LogP contribution < -0.4 is 42.4 Å². The summed E-state index contributed by atoms with van der Waals surface area (Å²) < 4.78 is 12.2. The molecule has 0 saturated carbocycles. The first-order valence-electron chi connectivity index (χ1n) is 19.1. The van der Waals surface area contributed by atoms with Gasteiger partial charge in [-0.1, -0.05) is 84.9 Å². The first kappa shape index (κ1) is 28.5. The van der Waals surface area contributed by atoms with Crippen molar-refractivity contribution in [2.45, 2.75) is 6.92 Å². The summed E-state index contributed by atoms with van der Waals surface area (Å²) in [5, 5.41) is 5.10. The Labute approximate surface area is 316 Å². The summed E-state index contributed by atoms with van der Waals surface area (Å²) in [7, 11) is 0. The van der Waals surface area contributed by atoms with Crippen LogP contribution in [0.5, 0.6) is 11.5 Å². The van der Waals surface area contributed by atoms with Crippen molar-refractivity contribution in [2.75, 3.05) is 4.90 Å². The summed E-state index contributed by atoms with van der Waals surface area (Å²) in [4.78, 5) is 6.92. The largest absolute Gasteiger partial charge is 0.458 e. The highest BCUT2D eigenvalue weighted by Gasteiger charge is 2.47. The summed E-state index contributed by atoms with van der Waals surface area (Å²) in [6.07, 6.45) is 3.81. The average Bonchev–Trinajstić information content (AvgIpc) is 3.77. The van der Waals surface area contributed by atoms with Crippen LogP contribution in [0.1, 0.15) is 5.56 Å². The molecule has 0 saturated heterocycles. The van der Waals surface area contributed by atoms with E-state index in [0.717, 1.165) is 22.7 Å². The van der Waals surface area contributed by atoms with Crippen LogP contribution in [0.4, 0.5) is 17.1 Å². The molecular formula is C48H28B2N4O. The van der Waals surface area contributed by atoms with Crippen LogP contribution in [-0.2, 0) is 0 Å². The highest BCUT2D eigenvalue weighted by molar-refractivity contribution is 7.02. The molecule has 55 heavy (non-hydrogen) atoms. The summed E-state index contributed by atoms with van der Waals surface area (Å²) in [5.41, 5.74) is 19.9. The zero-order chi connectivity index (χ0) is 35.7. The Bertz CT molecular complexity index is 3400. The van der Waals surface area contributed by atoms with Gasteiger partial charge in [0.25, 0.3) is 13.4 Å². The van der Waals surface area contributed by atoms with Crippen molar-refractivity contribution in [3.63, 3.8) is 0 Å². The quantitative estimate of drug-likeness (QED) is 0.171. The molecule has 0 N–H and O–H groups in total. The molecule has 4 aliphatic rings. The average molecular weight is 698 g/mol. The van der Waals surface area contributed by atoms with E-state index in [4.69, 9.17) is 4.74 Å². The van der Waals surface area contributed by atoms with Crippen molar-refractivity contribution >= 4 is 107 Å². The van der Waals surface area contributed by atoms with Gasteiger partial charge in [-0.05, 0) is 94.3 Å². The van der Waals surface area contributed by atoms with Gasteiger partial charge in [0, 0.05) is 67.9 Å². The molecule has 5 nitrogen and oxygen atoms in total. The second kappa shape index (κ2) is 9.76. The minimum atomic E-state index is 0.0105. The molecule has 0 aliphatic carbocycles. The number of benzene rings is 7. The van der Waals surface area contributed by atoms with Gasteiger partial charge in [0.15, 0.2) is 0 Å². The van der Waals surface area contributed by atoms with Crippen LogP contribution in [0.3, 0.4) is 0 Å². The number of hydrogen-bond donors (Lipinski definition) is 0. The Hall–Kier alpha value is -6.98. The second-order valence-corrected chi connectivity index (χ2v) is 15.5. The van der Waals surface area contributed by atoms with Gasteiger partial charge in [-0.25, -0.2) is 0 Å². The zero-order valence-corrected chi connectivity index (χ0v) is 29.8. The van der Waals surface area contributed by atoms with E-state index in [2.05, 4.69) is 165 Å². The molecule has 3 aromatic heterocycles. The molecule has 14 rings (SSSR count). The fraction of sp³-hybridized carbons (Fsp3) is 0.0208. The van der Waals surface area contributed by atoms with Crippen molar-refractivity contribution < 1.29 is 4.74 Å². The van der Waals surface area contributed by atoms with Crippen LogP contribution in [-0.4, -0.2) is 27.5 Å². The Morgan fingerprint density at radius 3 is 1.78 bits per heavy atom. The van der Waals surface area contributed by atoms with Gasteiger partial charge < -0.3 is 18.8 Å². The maximum Gasteiger partial charge on any atom is 0.256 e. The SMILES string of the molecule is Cc1c2c(cc3c1N(c1ccncc1)c1ccc4c5ccccc5n5c4c1B3c1ccccc1-5)B1c3ccccc3-n3c4ccccc4c4ccc(c1c43)O2. The monoisotopic (exact) mass is 698 g/mol. The molecule has 0 radical (unpaired) electrons. The van der Waals surface area contributed by atoms with Crippen molar-refractivity contribution in [2.24, 2.45) is 0 Å². The predicted octanol–water partition coefficient (Wildman–Crippen LogP) is 7.13. The highest BCUT2D eigenvalue weighted by atomic mass is 16.5. The molecule has 0 unspecified atom stereocenters. The highest BCUT2D eigenvalue weighted by Crippen LogP contribution is 2.46. The number of ether oxygens (including phenoxy) is 1. The van der Waals surface area contributed by atoms with Crippen LogP contribution in [0.25, 0.3) is 55.0 Å². The van der Waals surface area contributed by atoms with Gasteiger partial charge in [0.05, 0.1) is 22.1 Å². The van der Waals surface area contributed by atoms with E-state index in [1.54, 1.807) is 0 Å². The van der Waals surface area contributed by atoms with Gasteiger partial charge in [-0.2, -0.15) is 0 Å². The van der Waals surface area contributed by atoms with Crippen LogP contribution in [0.15, 0.2) is 152 Å². The van der Waals surface area contributed by atoms with E-state index < -0.39 is 0 Å². The number of para-hydroxylation sites is 4. The van der Waals surface area contributed by atoms with Crippen molar-refractivity contribution in [1.82, 2.24) is 14.1 Å². The molecular weight excluding hydrogens is 670 g/mol. The van der Waals surface area contributed by atoms with Crippen molar-refractivity contribution in [3.8, 4) is 22.9 Å². The molecule has 0 fully saturated rings. The van der Waals surface area contributed by atoms with Crippen LogP contribution >= 0.6 is 0 Å². The first-order valence-corrected chi connectivity index (χ1v) is 19.1. The lowest BCUT2D eigenvalue weighted by Gasteiger charge is -2.42. The van der Waals surface area contributed by atoms with Crippen molar-refractivity contribution in [3.05, 3.63) is 157 Å². The first-order chi connectivity index (χ1) is 27.3. The summed E-state index contributed by atoms with van der Waals surface area (Å²) in [6, 6.07) is 51.7. The van der Waals surface area contributed by atoms with Crippen molar-refractivity contribution in [1.29, 1.82) is 0 Å². The smallest absolute Gasteiger partial charge is 0.256 e. The van der Waals surface area contributed by atoms with E-state index in [0.29, 0.717) is 0 Å². The minimum absolute atomic E-state index is 0.0105. The lowest BCUT2D eigenvalue weighted by Crippen LogP contribution is -2.63. The van der Waals surface area contributed by atoms with E-state index in [1.807, 2.05) is 12.4 Å². The van der Waals surface area contributed by atoms with Gasteiger partial charge in [0.2, 0.25) is 0 Å². The number of rotatable bonds is 1. The Morgan fingerprint density at radius 1 is 0.509 bits per heavy atom. The predicted molar refractivity (Wildman–Crippen MR) is 228 cm³/mol. The molecule has 4 aliphatic heterocycles. The third kappa shape index (κ3) is 3.26. The van der Waals surface area contributed by atoms with E-state index in [1.165, 1.54) is 99.1 Å². The standard InChI is InChI=1S/C48H28B2N4O/c1-27-45-35(26-36-48(27)55-42-21-19-32-30-11-3-7-15-38(30)54-40-17-9-5-13-34(40)50(36)44(42)47(32)54)49-33-12-4-8-16-39(33)53-37-14-6-2-10-29(37)31-18-20-41(43(49)46(31)53)52(45)28-22-24-51-25-23-28/h2-26H,1H3. The number of anilines is 3. The molecule has 7 heteroatoms. The van der Waals surface area contributed by atoms with E-state index in [-0.39, 0.29) is 13.4 Å². The maximum absolute atomic E-state index is 7.23. The molecule has 0 bridgehead atoms. The number of fused-ring (bicyclic) bond motifs is 16. The fourth-order valence-corrected chi connectivity index (χ4v) is 11.0. The van der Waals surface area contributed by atoms with Gasteiger partial charge in [-0.3, -0.25) is 4.98 Å². The van der Waals surface area contributed by atoms with Crippen LogP contribution in [0, 0.1) is 6.92 Å². The number of pyridine rings is 1. The number of nitrogens with zero attached hydrogens (tertiary/aromatic N) is 4. The Kier molecular flexibility index (Phi) is 5.06. The number of hydrogen-bond acceptors (Lipinski definition) is 3. The third-order valence-corrected chi connectivity index (χ3v) is 13.0. The van der Waals surface area contributed by atoms with Gasteiger partial charge in [0.1, 0.15) is 11.5 Å². The molecule has 0 atom stereocenters. The maximum atomic E-state index is 7.23.